The van der Waals surface area contributed by atoms with Crippen molar-refractivity contribution in [2.24, 2.45) is 9.98 Å². The van der Waals surface area contributed by atoms with Crippen molar-refractivity contribution >= 4 is 66.3 Å². The molecule has 0 saturated heterocycles. The highest BCUT2D eigenvalue weighted by Gasteiger charge is 2.26. The van der Waals surface area contributed by atoms with Crippen LogP contribution in [-0.4, -0.2) is 11.7 Å². The molecule has 0 spiro atoms. The van der Waals surface area contributed by atoms with Crippen molar-refractivity contribution in [2.45, 2.75) is 6.17 Å². The molecular formula is C55H35N3O2. The third-order valence-electron chi connectivity index (χ3n) is 11.8. The first kappa shape index (κ1) is 34.1. The van der Waals surface area contributed by atoms with Crippen LogP contribution in [0.5, 0.6) is 0 Å². The Kier molecular flexibility index (Phi) is 7.85. The van der Waals surface area contributed by atoms with Gasteiger partial charge in [0.05, 0.1) is 0 Å². The Morgan fingerprint density at radius 1 is 0.367 bits per heavy atom. The molecular weight excluding hydrogens is 735 g/mol. The van der Waals surface area contributed by atoms with Crippen molar-refractivity contribution in [3.05, 3.63) is 217 Å². The van der Waals surface area contributed by atoms with Crippen molar-refractivity contribution in [2.75, 3.05) is 0 Å². The molecule has 3 heterocycles. The maximum absolute atomic E-state index is 6.55. The lowest BCUT2D eigenvalue weighted by Gasteiger charge is -2.25. The molecule has 12 rings (SSSR count). The second-order valence-corrected chi connectivity index (χ2v) is 15.3. The molecule has 0 bridgehead atoms. The summed E-state index contributed by atoms with van der Waals surface area (Å²) in [5.74, 6) is 1.41. The molecule has 1 aliphatic rings. The van der Waals surface area contributed by atoms with Crippen LogP contribution in [0.2, 0.25) is 0 Å². The summed E-state index contributed by atoms with van der Waals surface area (Å²) >= 11 is 0. The summed E-state index contributed by atoms with van der Waals surface area (Å²) in [6.45, 7) is 0. The minimum atomic E-state index is -0.441. The lowest BCUT2D eigenvalue weighted by Crippen LogP contribution is -2.33. The second-order valence-electron chi connectivity index (χ2n) is 15.3. The van der Waals surface area contributed by atoms with Gasteiger partial charge in [0.2, 0.25) is 0 Å². The van der Waals surface area contributed by atoms with E-state index in [1.54, 1.807) is 0 Å². The standard InChI is InChI=1S/C55H35N3O2/c1-3-14-34(15-4-1)36-28-30-37(31-29-36)53-56-54(58-55(57-53)45-24-13-27-49-51(45)43-18-7-9-25-47(43)59-49)42-23-12-20-39-40(42)21-11-22-41(39)46-32-38(35-16-5-2-6-17-35)33-50-52(46)44-19-8-10-26-48(44)60-50/h1-33,55H,(H,56,57,58). The number of nitrogens with one attached hydrogen (secondary N) is 1. The molecule has 0 amide bonds. The van der Waals surface area contributed by atoms with Crippen LogP contribution in [-0.2, 0) is 0 Å². The summed E-state index contributed by atoms with van der Waals surface area (Å²) in [6.07, 6.45) is -0.441. The number of amidine groups is 2. The molecule has 9 aromatic carbocycles. The van der Waals surface area contributed by atoms with Gasteiger partial charge in [-0.15, -0.1) is 0 Å². The van der Waals surface area contributed by atoms with Crippen LogP contribution in [0.4, 0.5) is 0 Å². The van der Waals surface area contributed by atoms with E-state index in [0.717, 1.165) is 105 Å². The van der Waals surface area contributed by atoms with Crippen LogP contribution in [0.3, 0.4) is 0 Å². The highest BCUT2D eigenvalue weighted by atomic mass is 16.3. The van der Waals surface area contributed by atoms with Gasteiger partial charge in [0.25, 0.3) is 0 Å². The molecule has 0 aliphatic carbocycles. The maximum Gasteiger partial charge on any atom is 0.160 e. The highest BCUT2D eigenvalue weighted by Crippen LogP contribution is 2.43. The van der Waals surface area contributed by atoms with Gasteiger partial charge in [-0.25, -0.2) is 9.98 Å². The van der Waals surface area contributed by atoms with Crippen molar-refractivity contribution in [1.82, 2.24) is 5.32 Å². The molecule has 282 valence electrons. The summed E-state index contributed by atoms with van der Waals surface area (Å²) in [4.78, 5) is 10.8. The van der Waals surface area contributed by atoms with Crippen LogP contribution in [0, 0.1) is 0 Å². The zero-order chi connectivity index (χ0) is 39.6. The summed E-state index contributed by atoms with van der Waals surface area (Å²) in [7, 11) is 0. The van der Waals surface area contributed by atoms with E-state index >= 15 is 0 Å². The first-order chi connectivity index (χ1) is 29.7. The van der Waals surface area contributed by atoms with E-state index in [1.807, 2.05) is 42.5 Å². The second kappa shape index (κ2) is 13.8. The monoisotopic (exact) mass is 769 g/mol. The number of benzene rings is 9. The molecule has 1 atom stereocenters. The summed E-state index contributed by atoms with van der Waals surface area (Å²) in [5, 5.41) is 10.2. The predicted molar refractivity (Wildman–Crippen MR) is 247 cm³/mol. The molecule has 60 heavy (non-hydrogen) atoms. The molecule has 11 aromatic rings. The number of fused-ring (bicyclic) bond motifs is 7. The Morgan fingerprint density at radius 2 is 0.900 bits per heavy atom. The number of hydrogen-bond donors (Lipinski definition) is 1. The molecule has 2 aromatic heterocycles. The fourth-order valence-electron chi connectivity index (χ4n) is 8.96. The smallest absolute Gasteiger partial charge is 0.160 e. The number of nitrogens with zero attached hydrogens (tertiary/aromatic N) is 2. The normalized spacial score (nSPS) is 14.2. The molecule has 5 heteroatoms. The first-order valence-corrected chi connectivity index (χ1v) is 20.3. The average molecular weight is 770 g/mol. The van der Waals surface area contributed by atoms with Crippen molar-refractivity contribution < 1.29 is 8.83 Å². The molecule has 0 radical (unpaired) electrons. The van der Waals surface area contributed by atoms with Gasteiger partial charge in [0.15, 0.2) is 5.84 Å². The number of para-hydroxylation sites is 2. The zero-order valence-corrected chi connectivity index (χ0v) is 32.3. The predicted octanol–water partition coefficient (Wildman–Crippen LogP) is 14.1. The van der Waals surface area contributed by atoms with Crippen LogP contribution in [0.1, 0.15) is 22.9 Å². The fourth-order valence-corrected chi connectivity index (χ4v) is 8.96. The van der Waals surface area contributed by atoms with E-state index in [4.69, 9.17) is 18.8 Å². The maximum atomic E-state index is 6.55. The Balaban J connectivity index is 1.06. The van der Waals surface area contributed by atoms with Crippen LogP contribution >= 0.6 is 0 Å². The van der Waals surface area contributed by atoms with Gasteiger partial charge in [0.1, 0.15) is 34.3 Å². The van der Waals surface area contributed by atoms with Crippen LogP contribution in [0.15, 0.2) is 219 Å². The van der Waals surface area contributed by atoms with Gasteiger partial charge in [-0.2, -0.15) is 0 Å². The summed E-state index contributed by atoms with van der Waals surface area (Å²) in [6, 6.07) is 69.8. The van der Waals surface area contributed by atoms with E-state index in [1.165, 1.54) is 5.56 Å². The Morgan fingerprint density at radius 3 is 1.63 bits per heavy atom. The van der Waals surface area contributed by atoms with Gasteiger partial charge in [-0.05, 0) is 74.5 Å². The Bertz CT molecular complexity index is 3510. The third kappa shape index (κ3) is 5.63. The largest absolute Gasteiger partial charge is 0.456 e. The van der Waals surface area contributed by atoms with Gasteiger partial charge in [0, 0.05) is 38.2 Å². The average Bonchev–Trinajstić information content (AvgIpc) is 3.90. The van der Waals surface area contributed by atoms with E-state index in [9.17, 15) is 0 Å². The third-order valence-corrected chi connectivity index (χ3v) is 11.8. The Labute approximate surface area is 345 Å². The molecule has 1 N–H and O–H groups in total. The number of hydrogen-bond acceptors (Lipinski definition) is 5. The highest BCUT2D eigenvalue weighted by molar-refractivity contribution is 6.21. The molecule has 5 nitrogen and oxygen atoms in total. The van der Waals surface area contributed by atoms with Gasteiger partial charge < -0.3 is 14.2 Å². The summed E-state index contributed by atoms with van der Waals surface area (Å²) in [5.41, 5.74) is 13.1. The topological polar surface area (TPSA) is 63.0 Å². The molecule has 1 unspecified atom stereocenters. The lowest BCUT2D eigenvalue weighted by molar-refractivity contribution is 0.662. The number of rotatable bonds is 6. The van der Waals surface area contributed by atoms with E-state index < -0.39 is 6.17 Å². The van der Waals surface area contributed by atoms with Gasteiger partial charge >= 0.3 is 0 Å². The van der Waals surface area contributed by atoms with Gasteiger partial charge in [-0.3, -0.25) is 0 Å². The quantitative estimate of drug-likeness (QED) is 0.183. The minimum absolute atomic E-state index is 0.441. The Hall–Kier alpha value is -8.02. The molecule has 1 aliphatic heterocycles. The van der Waals surface area contributed by atoms with Crippen molar-refractivity contribution in [3.63, 3.8) is 0 Å². The zero-order valence-electron chi connectivity index (χ0n) is 32.3. The minimum Gasteiger partial charge on any atom is -0.456 e. The number of aliphatic imine (C=N–C) groups is 2. The van der Waals surface area contributed by atoms with E-state index in [0.29, 0.717) is 5.84 Å². The lowest BCUT2D eigenvalue weighted by atomic mass is 9.90. The van der Waals surface area contributed by atoms with E-state index in [2.05, 4.69) is 163 Å². The fraction of sp³-hybridized carbons (Fsp3) is 0.0182. The van der Waals surface area contributed by atoms with Crippen molar-refractivity contribution in [3.8, 4) is 33.4 Å². The van der Waals surface area contributed by atoms with Crippen LogP contribution < -0.4 is 5.32 Å². The SMILES string of the molecule is c1ccc(-c2ccc(C3=NC(c4cccc5c(-c6cc(-c7ccccc7)cc7oc8ccccc8c67)cccc45)=NC(c4cccc5oc6ccccc6c45)N3)cc2)cc1. The van der Waals surface area contributed by atoms with Gasteiger partial charge in [-0.1, -0.05) is 170 Å². The first-order valence-electron chi connectivity index (χ1n) is 20.3. The molecule has 0 saturated carbocycles. The van der Waals surface area contributed by atoms with E-state index in [-0.39, 0.29) is 0 Å². The number of furan rings is 2. The van der Waals surface area contributed by atoms with Crippen molar-refractivity contribution in [1.29, 1.82) is 0 Å². The molecule has 0 fully saturated rings. The summed E-state index contributed by atoms with van der Waals surface area (Å²) < 4.78 is 12.9. The van der Waals surface area contributed by atoms with Crippen LogP contribution in [0.25, 0.3) is 88.0 Å².